The Kier molecular flexibility index (Phi) is 6.47. The van der Waals surface area contributed by atoms with Crippen LogP contribution in [0.3, 0.4) is 0 Å². The second-order valence-electron chi connectivity index (χ2n) is 5.80. The highest BCUT2D eigenvalue weighted by atomic mass is 32.2. The molecule has 2 heterocycles. The average Bonchev–Trinajstić information content (AvgIpc) is 3.26. The molecule has 0 spiro atoms. The third kappa shape index (κ3) is 4.98. The second kappa shape index (κ2) is 9.02. The monoisotopic (exact) mass is 420 g/mol. The molecule has 1 aromatic carbocycles. The maximum Gasteiger partial charge on any atom is 0.239 e. The number of nitrogens with zero attached hydrogens (tertiary/aromatic N) is 5. The predicted molar refractivity (Wildman–Crippen MR) is 107 cm³/mol. The molecular weight excluding hydrogens is 400 g/mol. The molecule has 1 amide bonds. The van der Waals surface area contributed by atoms with Crippen LogP contribution in [-0.2, 0) is 18.4 Å². The molecule has 9 nitrogen and oxygen atoms in total. The van der Waals surface area contributed by atoms with Gasteiger partial charge in [0.25, 0.3) is 0 Å². The standard InChI is InChI=1S/C17H20N6O3S2/c1-10(15(24)18-16-21-19-11(2)28-16)27-17-22-20-14(23(17)3)9-26-13-7-5-12(25-4)6-8-13/h5-8,10H,9H2,1-4H3,(H,18,21,24). The molecule has 28 heavy (non-hydrogen) atoms. The van der Waals surface area contributed by atoms with Gasteiger partial charge in [-0.2, -0.15) is 0 Å². The number of thioether (sulfide) groups is 1. The Morgan fingerprint density at radius 2 is 1.93 bits per heavy atom. The van der Waals surface area contributed by atoms with Crippen molar-refractivity contribution in [1.29, 1.82) is 0 Å². The molecule has 0 aliphatic rings. The number of carbonyl (C=O) groups is 1. The Morgan fingerprint density at radius 3 is 2.57 bits per heavy atom. The van der Waals surface area contributed by atoms with Gasteiger partial charge in [0.15, 0.2) is 11.0 Å². The van der Waals surface area contributed by atoms with Crippen molar-refractivity contribution in [3.8, 4) is 11.5 Å². The first-order chi connectivity index (χ1) is 13.5. The summed E-state index contributed by atoms with van der Waals surface area (Å²) in [6, 6.07) is 7.30. The first-order valence-electron chi connectivity index (χ1n) is 8.39. The van der Waals surface area contributed by atoms with Crippen LogP contribution in [0.2, 0.25) is 0 Å². The second-order valence-corrected chi connectivity index (χ2v) is 8.29. The lowest BCUT2D eigenvalue weighted by atomic mass is 10.3. The number of methoxy groups -OCH3 is 1. The summed E-state index contributed by atoms with van der Waals surface area (Å²) in [5.74, 6) is 1.96. The molecule has 0 fully saturated rings. The minimum absolute atomic E-state index is 0.166. The smallest absolute Gasteiger partial charge is 0.239 e. The van der Waals surface area contributed by atoms with E-state index in [4.69, 9.17) is 9.47 Å². The van der Waals surface area contributed by atoms with Crippen molar-refractivity contribution >= 4 is 34.1 Å². The van der Waals surface area contributed by atoms with Crippen molar-refractivity contribution < 1.29 is 14.3 Å². The molecule has 0 aliphatic heterocycles. The Balaban J connectivity index is 1.56. The largest absolute Gasteiger partial charge is 0.497 e. The van der Waals surface area contributed by atoms with Crippen LogP contribution in [0.25, 0.3) is 0 Å². The summed E-state index contributed by atoms with van der Waals surface area (Å²) in [5, 5.41) is 20.4. The first-order valence-corrected chi connectivity index (χ1v) is 10.1. The fourth-order valence-corrected chi connectivity index (χ4v) is 3.59. The lowest BCUT2D eigenvalue weighted by molar-refractivity contribution is -0.115. The van der Waals surface area contributed by atoms with Gasteiger partial charge >= 0.3 is 0 Å². The van der Waals surface area contributed by atoms with Gasteiger partial charge in [0, 0.05) is 7.05 Å². The van der Waals surface area contributed by atoms with Crippen LogP contribution in [0.4, 0.5) is 5.13 Å². The zero-order chi connectivity index (χ0) is 20.1. The minimum atomic E-state index is -0.373. The number of benzene rings is 1. The molecule has 0 bridgehead atoms. The third-order valence-corrected chi connectivity index (χ3v) is 5.65. The van der Waals surface area contributed by atoms with E-state index in [1.54, 1.807) is 14.0 Å². The SMILES string of the molecule is COc1ccc(OCc2nnc(SC(C)C(=O)Nc3nnc(C)s3)n2C)cc1. The summed E-state index contributed by atoms with van der Waals surface area (Å²) in [5.41, 5.74) is 0. The van der Waals surface area contributed by atoms with E-state index in [1.807, 2.05) is 42.8 Å². The maximum atomic E-state index is 12.3. The van der Waals surface area contributed by atoms with E-state index in [0.717, 1.165) is 10.8 Å². The summed E-state index contributed by atoms with van der Waals surface area (Å²) in [6.45, 7) is 3.90. The van der Waals surface area contributed by atoms with Crippen molar-refractivity contribution in [1.82, 2.24) is 25.0 Å². The molecule has 0 radical (unpaired) electrons. The zero-order valence-electron chi connectivity index (χ0n) is 15.9. The highest BCUT2D eigenvalue weighted by molar-refractivity contribution is 8.00. The van der Waals surface area contributed by atoms with Gasteiger partial charge in [-0.05, 0) is 38.1 Å². The normalized spacial score (nSPS) is 11.9. The van der Waals surface area contributed by atoms with Gasteiger partial charge in [-0.25, -0.2) is 0 Å². The van der Waals surface area contributed by atoms with Crippen LogP contribution < -0.4 is 14.8 Å². The van der Waals surface area contributed by atoms with Crippen LogP contribution >= 0.6 is 23.1 Å². The Bertz CT molecular complexity index is 941. The highest BCUT2D eigenvalue weighted by Gasteiger charge is 2.20. The minimum Gasteiger partial charge on any atom is -0.497 e. The number of rotatable bonds is 8. The van der Waals surface area contributed by atoms with E-state index < -0.39 is 0 Å². The van der Waals surface area contributed by atoms with Gasteiger partial charge in [0.2, 0.25) is 11.0 Å². The lowest BCUT2D eigenvalue weighted by Gasteiger charge is -2.10. The van der Waals surface area contributed by atoms with E-state index in [0.29, 0.717) is 21.9 Å². The van der Waals surface area contributed by atoms with Gasteiger partial charge in [-0.1, -0.05) is 23.1 Å². The van der Waals surface area contributed by atoms with Gasteiger partial charge in [-0.3, -0.25) is 10.1 Å². The summed E-state index contributed by atoms with van der Waals surface area (Å²) >= 11 is 2.65. The number of carbonyl (C=O) groups excluding carboxylic acids is 1. The van der Waals surface area contributed by atoms with E-state index in [2.05, 4.69) is 25.7 Å². The summed E-state index contributed by atoms with van der Waals surface area (Å²) in [6.07, 6.45) is 0. The van der Waals surface area contributed by atoms with E-state index in [-0.39, 0.29) is 17.8 Å². The van der Waals surface area contributed by atoms with Crippen LogP contribution in [-0.4, -0.2) is 43.2 Å². The van der Waals surface area contributed by atoms with Gasteiger partial charge < -0.3 is 14.0 Å². The van der Waals surface area contributed by atoms with Crippen molar-refractivity contribution in [3.63, 3.8) is 0 Å². The fourth-order valence-electron chi connectivity index (χ4n) is 2.16. The van der Waals surface area contributed by atoms with Crippen LogP contribution in [0.15, 0.2) is 29.4 Å². The maximum absolute atomic E-state index is 12.3. The van der Waals surface area contributed by atoms with Crippen molar-refractivity contribution in [2.24, 2.45) is 7.05 Å². The number of hydrogen-bond donors (Lipinski definition) is 1. The molecule has 3 aromatic rings. The van der Waals surface area contributed by atoms with Crippen LogP contribution in [0.5, 0.6) is 11.5 Å². The number of aryl methyl sites for hydroxylation is 1. The summed E-state index contributed by atoms with van der Waals surface area (Å²) in [4.78, 5) is 12.3. The zero-order valence-corrected chi connectivity index (χ0v) is 17.5. The molecule has 2 aromatic heterocycles. The average molecular weight is 421 g/mol. The van der Waals surface area contributed by atoms with E-state index in [1.165, 1.54) is 23.1 Å². The predicted octanol–water partition coefficient (Wildman–Crippen LogP) is 2.68. The Labute approximate surface area is 170 Å². The quantitative estimate of drug-likeness (QED) is 0.555. The number of nitrogens with one attached hydrogen (secondary N) is 1. The fraction of sp³-hybridized carbons (Fsp3) is 0.353. The van der Waals surface area contributed by atoms with E-state index in [9.17, 15) is 4.79 Å². The molecule has 148 valence electrons. The Morgan fingerprint density at radius 1 is 1.21 bits per heavy atom. The van der Waals surface area contributed by atoms with Crippen molar-refractivity contribution in [2.75, 3.05) is 12.4 Å². The molecular formula is C17H20N6O3S2. The highest BCUT2D eigenvalue weighted by Crippen LogP contribution is 2.24. The summed E-state index contributed by atoms with van der Waals surface area (Å²) in [7, 11) is 3.46. The van der Waals surface area contributed by atoms with Gasteiger partial charge in [0.05, 0.1) is 12.4 Å². The van der Waals surface area contributed by atoms with Gasteiger partial charge in [-0.15, -0.1) is 20.4 Å². The molecule has 11 heteroatoms. The molecule has 1 N–H and O–H groups in total. The number of ether oxygens (including phenoxy) is 2. The van der Waals surface area contributed by atoms with Gasteiger partial charge in [0.1, 0.15) is 23.1 Å². The number of aromatic nitrogens is 5. The van der Waals surface area contributed by atoms with Crippen LogP contribution in [0.1, 0.15) is 17.8 Å². The number of anilines is 1. The molecule has 0 saturated heterocycles. The topological polar surface area (TPSA) is 104 Å². The molecule has 0 saturated carbocycles. The van der Waals surface area contributed by atoms with Crippen LogP contribution in [0, 0.1) is 6.92 Å². The third-order valence-electron chi connectivity index (χ3n) is 3.76. The Hall–Kier alpha value is -2.66. The number of hydrogen-bond acceptors (Lipinski definition) is 9. The number of amides is 1. The van der Waals surface area contributed by atoms with Crippen molar-refractivity contribution in [2.45, 2.75) is 30.9 Å². The lowest BCUT2D eigenvalue weighted by Crippen LogP contribution is -2.22. The molecule has 3 rings (SSSR count). The van der Waals surface area contributed by atoms with E-state index >= 15 is 0 Å². The molecule has 1 unspecified atom stereocenters. The first kappa shape index (κ1) is 20.1. The molecule has 0 aliphatic carbocycles. The molecule has 1 atom stereocenters. The summed E-state index contributed by atoms with van der Waals surface area (Å²) < 4.78 is 12.7. The van der Waals surface area contributed by atoms with Crippen molar-refractivity contribution in [3.05, 3.63) is 35.1 Å².